The van der Waals surface area contributed by atoms with Crippen molar-refractivity contribution in [2.75, 3.05) is 44.7 Å². The van der Waals surface area contributed by atoms with E-state index in [9.17, 15) is 19.6 Å². The van der Waals surface area contributed by atoms with Crippen LogP contribution >= 0.6 is 11.3 Å². The van der Waals surface area contributed by atoms with E-state index in [1.165, 1.54) is 29.0 Å². The van der Waals surface area contributed by atoms with E-state index in [-0.39, 0.29) is 17.8 Å². The first-order valence-corrected chi connectivity index (χ1v) is 13.9. The van der Waals surface area contributed by atoms with Gasteiger partial charge in [0, 0.05) is 50.4 Å². The van der Waals surface area contributed by atoms with Crippen LogP contribution in [0.2, 0.25) is 0 Å². The summed E-state index contributed by atoms with van der Waals surface area (Å²) in [4.78, 5) is 28.0. The van der Waals surface area contributed by atoms with Gasteiger partial charge in [0.1, 0.15) is 22.5 Å². The van der Waals surface area contributed by atoms with Crippen molar-refractivity contribution in [1.29, 1.82) is 5.26 Å². The molecule has 2 aromatic carbocycles. The predicted molar refractivity (Wildman–Crippen MR) is 154 cm³/mol. The van der Waals surface area contributed by atoms with E-state index in [1.807, 2.05) is 24.1 Å². The number of anilines is 2. The molecule has 1 N–H and O–H groups in total. The Morgan fingerprint density at radius 2 is 1.98 bits per heavy atom. The number of carbonyl (C=O) groups excluding carboxylic acids is 1. The lowest BCUT2D eigenvalue weighted by molar-refractivity contribution is -0.142. The molecular formula is C30H27FN6O2S. The summed E-state index contributed by atoms with van der Waals surface area (Å²) in [6, 6.07) is 16.4. The highest BCUT2D eigenvalue weighted by Gasteiger charge is 2.30. The van der Waals surface area contributed by atoms with Gasteiger partial charge in [0.05, 0.1) is 23.9 Å². The quantitative estimate of drug-likeness (QED) is 0.377. The zero-order valence-electron chi connectivity index (χ0n) is 21.9. The van der Waals surface area contributed by atoms with E-state index in [1.54, 1.807) is 23.2 Å². The number of aliphatic hydroxyl groups excluding tert-OH is 1. The van der Waals surface area contributed by atoms with Gasteiger partial charge in [-0.3, -0.25) is 14.7 Å². The fraction of sp³-hybridized carbons (Fsp3) is 0.267. The van der Waals surface area contributed by atoms with Crippen LogP contribution in [0.5, 0.6) is 0 Å². The van der Waals surface area contributed by atoms with E-state index in [4.69, 9.17) is 4.98 Å². The minimum Gasteiger partial charge on any atom is -0.389 e. The molecule has 1 amide bonds. The molecule has 1 saturated heterocycles. The SMILES string of the molecule is CN(c1nc(-c2ccc(F)cc2)c(C#N)s1)c1ccnc2ccc(C3=CCN(CC(=O)N4CC(O)C4)CC3)cc12. The Morgan fingerprint density at radius 1 is 1.20 bits per heavy atom. The molecule has 0 radical (unpaired) electrons. The van der Waals surface area contributed by atoms with Gasteiger partial charge in [0.2, 0.25) is 5.91 Å². The second kappa shape index (κ2) is 10.8. The fourth-order valence-corrected chi connectivity index (χ4v) is 5.99. The molecule has 1 fully saturated rings. The van der Waals surface area contributed by atoms with Crippen molar-refractivity contribution < 1.29 is 14.3 Å². The number of nitrogens with zero attached hydrogens (tertiary/aromatic N) is 6. The van der Waals surface area contributed by atoms with Crippen LogP contribution in [0.1, 0.15) is 16.9 Å². The molecule has 0 spiro atoms. The molecule has 0 unspecified atom stereocenters. The molecule has 6 rings (SSSR count). The van der Waals surface area contributed by atoms with Crippen molar-refractivity contribution in [3.8, 4) is 17.3 Å². The second-order valence-corrected chi connectivity index (χ2v) is 11.1. The van der Waals surface area contributed by atoms with Gasteiger partial charge in [-0.25, -0.2) is 9.37 Å². The highest BCUT2D eigenvalue weighted by atomic mass is 32.1. The first kappa shape index (κ1) is 26.1. The van der Waals surface area contributed by atoms with Crippen LogP contribution in [-0.4, -0.2) is 76.7 Å². The minimum atomic E-state index is -0.385. The Hall–Kier alpha value is -4.17. The number of fused-ring (bicyclic) bond motifs is 1. The van der Waals surface area contributed by atoms with Crippen LogP contribution < -0.4 is 4.90 Å². The van der Waals surface area contributed by atoms with Gasteiger partial charge in [-0.1, -0.05) is 23.5 Å². The maximum Gasteiger partial charge on any atom is 0.236 e. The highest BCUT2D eigenvalue weighted by molar-refractivity contribution is 7.16. The third kappa shape index (κ3) is 5.07. The van der Waals surface area contributed by atoms with Crippen LogP contribution in [0.3, 0.4) is 0 Å². The smallest absolute Gasteiger partial charge is 0.236 e. The third-order valence-corrected chi connectivity index (χ3v) is 8.48. The van der Waals surface area contributed by atoms with Gasteiger partial charge in [0.15, 0.2) is 5.13 Å². The van der Waals surface area contributed by atoms with Crippen molar-refractivity contribution in [2.45, 2.75) is 12.5 Å². The number of amides is 1. The number of nitriles is 1. The first-order chi connectivity index (χ1) is 19.4. The average molecular weight is 555 g/mol. The molecule has 4 aromatic rings. The summed E-state index contributed by atoms with van der Waals surface area (Å²) in [5.41, 5.74) is 5.32. The first-order valence-electron chi connectivity index (χ1n) is 13.1. The number of aromatic nitrogens is 2. The van der Waals surface area contributed by atoms with Crippen LogP contribution in [0.15, 0.2) is 60.8 Å². The molecule has 4 heterocycles. The summed E-state index contributed by atoms with van der Waals surface area (Å²) in [6.45, 7) is 2.71. The molecule has 2 aliphatic rings. The van der Waals surface area contributed by atoms with Crippen molar-refractivity contribution in [3.63, 3.8) is 0 Å². The Morgan fingerprint density at radius 3 is 2.67 bits per heavy atom. The summed E-state index contributed by atoms with van der Waals surface area (Å²) in [6.07, 6.45) is 4.38. The summed E-state index contributed by atoms with van der Waals surface area (Å²) in [7, 11) is 1.92. The van der Waals surface area contributed by atoms with E-state index in [0.29, 0.717) is 47.4 Å². The lowest BCUT2D eigenvalue weighted by atomic mass is 9.97. The summed E-state index contributed by atoms with van der Waals surface area (Å²) < 4.78 is 13.5. The highest BCUT2D eigenvalue weighted by Crippen LogP contribution is 2.38. The number of thiazole rings is 1. The molecule has 2 aliphatic heterocycles. The topological polar surface area (TPSA) is 96.6 Å². The minimum absolute atomic E-state index is 0.0657. The number of carbonyl (C=O) groups is 1. The van der Waals surface area contributed by atoms with Crippen LogP contribution in [0.25, 0.3) is 27.7 Å². The van der Waals surface area contributed by atoms with Crippen LogP contribution in [0.4, 0.5) is 15.2 Å². The Labute approximate surface area is 235 Å². The number of likely N-dealkylation sites (tertiary alicyclic amines) is 1. The summed E-state index contributed by atoms with van der Waals surface area (Å²) in [5.74, 6) is -0.272. The lowest BCUT2D eigenvalue weighted by Crippen LogP contribution is -2.56. The van der Waals surface area contributed by atoms with Gasteiger partial charge in [-0.15, -0.1) is 0 Å². The molecule has 40 heavy (non-hydrogen) atoms. The molecule has 0 aliphatic carbocycles. The van der Waals surface area contributed by atoms with Gasteiger partial charge in [-0.2, -0.15) is 5.26 Å². The predicted octanol–water partition coefficient (Wildman–Crippen LogP) is 4.43. The van der Waals surface area contributed by atoms with E-state index in [2.05, 4.69) is 34.2 Å². The third-order valence-electron chi connectivity index (χ3n) is 7.44. The van der Waals surface area contributed by atoms with E-state index >= 15 is 0 Å². The molecule has 10 heteroatoms. The number of hydrogen-bond acceptors (Lipinski definition) is 8. The number of benzene rings is 2. The zero-order valence-corrected chi connectivity index (χ0v) is 22.7. The molecule has 0 bridgehead atoms. The Balaban J connectivity index is 1.25. The van der Waals surface area contributed by atoms with Crippen molar-refractivity contribution >= 4 is 44.5 Å². The van der Waals surface area contributed by atoms with Crippen molar-refractivity contribution in [2.24, 2.45) is 0 Å². The molecule has 0 saturated carbocycles. The standard InChI is InChI=1S/C30H27FN6O2S/c1-35(30-34-29(27(15-32)40-30)20-2-5-22(31)6-3-20)26-8-11-33-25-7-4-21(14-24(25)26)19-9-12-36(13-10-19)18-28(39)37-16-23(38)17-37/h2-9,11,14,23,38H,10,12-13,16-18H2,1H3. The average Bonchev–Trinajstić information content (AvgIpc) is 3.40. The monoisotopic (exact) mass is 554 g/mol. The van der Waals surface area contributed by atoms with Gasteiger partial charge in [-0.05, 0) is 60.0 Å². The zero-order chi connectivity index (χ0) is 27.8. The molecule has 8 nitrogen and oxygen atoms in total. The number of hydrogen-bond donors (Lipinski definition) is 1. The van der Waals surface area contributed by atoms with Crippen LogP contribution in [-0.2, 0) is 4.79 Å². The van der Waals surface area contributed by atoms with Crippen molar-refractivity contribution in [1.82, 2.24) is 19.8 Å². The molecular weight excluding hydrogens is 527 g/mol. The summed E-state index contributed by atoms with van der Waals surface area (Å²) >= 11 is 1.29. The van der Waals surface area contributed by atoms with Gasteiger partial charge >= 0.3 is 0 Å². The van der Waals surface area contributed by atoms with Gasteiger partial charge < -0.3 is 14.9 Å². The summed E-state index contributed by atoms with van der Waals surface area (Å²) in [5, 5.41) is 20.8. The number of halogens is 1. The Kier molecular flexibility index (Phi) is 7.02. The molecule has 2 aromatic heterocycles. The number of rotatable bonds is 6. The van der Waals surface area contributed by atoms with E-state index in [0.717, 1.165) is 35.1 Å². The maximum absolute atomic E-state index is 13.5. The molecule has 202 valence electrons. The largest absolute Gasteiger partial charge is 0.389 e. The molecule has 0 atom stereocenters. The van der Waals surface area contributed by atoms with E-state index < -0.39 is 0 Å². The Bertz CT molecular complexity index is 1660. The lowest BCUT2D eigenvalue weighted by Gasteiger charge is -2.37. The van der Waals surface area contributed by atoms with Crippen LogP contribution in [0, 0.1) is 17.1 Å². The normalized spacial score (nSPS) is 15.9. The maximum atomic E-state index is 13.5. The number of β-amino-alcohol motifs (C(OH)–C–C–N with tert-alkyl or cyclic N) is 1. The number of pyridine rings is 1. The fourth-order valence-electron chi connectivity index (χ4n) is 5.13. The van der Waals surface area contributed by atoms with Gasteiger partial charge in [0.25, 0.3) is 0 Å². The number of aliphatic hydroxyl groups is 1. The van der Waals surface area contributed by atoms with Crippen molar-refractivity contribution in [3.05, 3.63) is 77.1 Å². The second-order valence-electron chi connectivity index (χ2n) is 10.1.